The molecule has 3 aliphatic rings. The summed E-state index contributed by atoms with van der Waals surface area (Å²) in [6, 6.07) is 5.89. The van der Waals surface area contributed by atoms with Crippen molar-refractivity contribution in [2.75, 3.05) is 74.6 Å². The zero-order chi connectivity index (χ0) is 22.6. The average Bonchev–Trinajstić information content (AvgIpc) is 3.27. The number of anilines is 3. The van der Waals surface area contributed by atoms with Crippen LogP contribution in [0.25, 0.3) is 5.76 Å². The highest BCUT2D eigenvalue weighted by Gasteiger charge is 2.32. The number of piperazine rings is 1. The van der Waals surface area contributed by atoms with Gasteiger partial charge < -0.3 is 34.8 Å². The van der Waals surface area contributed by atoms with E-state index in [0.717, 1.165) is 56.3 Å². The van der Waals surface area contributed by atoms with E-state index in [9.17, 15) is 4.79 Å². The van der Waals surface area contributed by atoms with Crippen molar-refractivity contribution in [2.45, 2.75) is 6.23 Å². The van der Waals surface area contributed by atoms with Gasteiger partial charge in [0.25, 0.3) is 12.1 Å². The van der Waals surface area contributed by atoms with E-state index in [1.807, 2.05) is 31.4 Å². The maximum atomic E-state index is 13.1. The number of pyridine rings is 2. The number of amides is 1. The molecule has 5 rings (SSSR count). The SMILES string of the molecule is CN1C=C(c2ccc(N3CCOCC3)nc2)OC1C(=O)Nc1cnccc1N1CCNCC1. The second kappa shape index (κ2) is 9.63. The van der Waals surface area contributed by atoms with Gasteiger partial charge in [-0.25, -0.2) is 4.98 Å². The van der Waals surface area contributed by atoms with Crippen LogP contribution in [-0.2, 0) is 14.3 Å². The number of nitrogens with zero attached hydrogens (tertiary/aromatic N) is 5. The molecule has 3 aliphatic heterocycles. The van der Waals surface area contributed by atoms with Gasteiger partial charge in [0.05, 0.1) is 30.8 Å². The summed E-state index contributed by atoms with van der Waals surface area (Å²) in [5, 5.41) is 6.35. The number of morpholine rings is 1. The highest BCUT2D eigenvalue weighted by molar-refractivity contribution is 5.97. The summed E-state index contributed by atoms with van der Waals surface area (Å²) >= 11 is 0. The molecule has 10 heteroatoms. The Kier molecular flexibility index (Phi) is 6.27. The first-order valence-corrected chi connectivity index (χ1v) is 11.3. The molecule has 0 aromatic carbocycles. The lowest BCUT2D eigenvalue weighted by molar-refractivity contribution is -0.128. The number of hydrogen-bond acceptors (Lipinski definition) is 9. The van der Waals surface area contributed by atoms with Crippen LogP contribution in [0.1, 0.15) is 5.56 Å². The molecular formula is C23H29N7O3. The Balaban J connectivity index is 1.24. The van der Waals surface area contributed by atoms with E-state index in [1.165, 1.54) is 0 Å². The summed E-state index contributed by atoms with van der Waals surface area (Å²) in [6.07, 6.45) is 6.28. The first-order chi connectivity index (χ1) is 16.2. The average molecular weight is 452 g/mol. The van der Waals surface area contributed by atoms with Crippen molar-refractivity contribution in [2.24, 2.45) is 0 Å². The molecule has 2 N–H and O–H groups in total. The van der Waals surface area contributed by atoms with Crippen LogP contribution >= 0.6 is 0 Å². The van der Waals surface area contributed by atoms with Gasteiger partial charge in [-0.3, -0.25) is 9.78 Å². The summed E-state index contributed by atoms with van der Waals surface area (Å²) in [5.74, 6) is 1.29. The third-order valence-corrected chi connectivity index (χ3v) is 6.03. The van der Waals surface area contributed by atoms with E-state index in [-0.39, 0.29) is 5.91 Å². The quantitative estimate of drug-likeness (QED) is 0.689. The highest BCUT2D eigenvalue weighted by atomic mass is 16.5. The van der Waals surface area contributed by atoms with Gasteiger partial charge in [0.15, 0.2) is 0 Å². The first-order valence-electron chi connectivity index (χ1n) is 11.3. The fraction of sp³-hybridized carbons (Fsp3) is 0.435. The van der Waals surface area contributed by atoms with Gasteiger partial charge >= 0.3 is 0 Å². The van der Waals surface area contributed by atoms with Crippen LogP contribution in [0.2, 0.25) is 0 Å². The minimum atomic E-state index is -0.769. The van der Waals surface area contributed by atoms with Crippen LogP contribution in [0.4, 0.5) is 17.2 Å². The number of carbonyl (C=O) groups excluding carboxylic acids is 1. The lowest BCUT2D eigenvalue weighted by Crippen LogP contribution is -2.44. The summed E-state index contributed by atoms with van der Waals surface area (Å²) in [7, 11) is 1.83. The largest absolute Gasteiger partial charge is 0.459 e. The monoisotopic (exact) mass is 451 g/mol. The lowest BCUT2D eigenvalue weighted by Gasteiger charge is -2.31. The van der Waals surface area contributed by atoms with Crippen molar-refractivity contribution < 1.29 is 14.3 Å². The van der Waals surface area contributed by atoms with Crippen molar-refractivity contribution in [3.05, 3.63) is 48.6 Å². The Labute approximate surface area is 193 Å². The predicted molar refractivity (Wildman–Crippen MR) is 126 cm³/mol. The number of rotatable bonds is 5. The van der Waals surface area contributed by atoms with Gasteiger partial charge in [0.1, 0.15) is 11.6 Å². The second-order valence-electron chi connectivity index (χ2n) is 8.25. The van der Waals surface area contributed by atoms with Gasteiger partial charge in [0, 0.05) is 70.5 Å². The molecular weight excluding hydrogens is 422 g/mol. The number of ether oxygens (including phenoxy) is 2. The van der Waals surface area contributed by atoms with Crippen LogP contribution in [0, 0.1) is 0 Å². The number of likely N-dealkylation sites (N-methyl/N-ethyl adjacent to an activating group) is 1. The topological polar surface area (TPSA) is 95.1 Å². The molecule has 2 fully saturated rings. The van der Waals surface area contributed by atoms with E-state index in [2.05, 4.69) is 30.4 Å². The van der Waals surface area contributed by atoms with E-state index in [0.29, 0.717) is 24.7 Å². The lowest BCUT2D eigenvalue weighted by atomic mass is 10.2. The zero-order valence-corrected chi connectivity index (χ0v) is 18.7. The molecule has 10 nitrogen and oxygen atoms in total. The fourth-order valence-electron chi connectivity index (χ4n) is 4.24. The Morgan fingerprint density at radius 1 is 1.09 bits per heavy atom. The van der Waals surface area contributed by atoms with Crippen LogP contribution in [0.15, 0.2) is 43.0 Å². The third kappa shape index (κ3) is 4.71. The van der Waals surface area contributed by atoms with Crippen molar-refractivity contribution in [3.63, 3.8) is 0 Å². The summed E-state index contributed by atoms with van der Waals surface area (Å²) in [5.41, 5.74) is 2.49. The smallest absolute Gasteiger partial charge is 0.287 e. The molecule has 174 valence electrons. The molecule has 1 atom stereocenters. The van der Waals surface area contributed by atoms with Crippen LogP contribution in [0.3, 0.4) is 0 Å². The van der Waals surface area contributed by atoms with Gasteiger partial charge in [-0.2, -0.15) is 0 Å². The molecule has 1 amide bonds. The van der Waals surface area contributed by atoms with Gasteiger partial charge in [0.2, 0.25) is 0 Å². The predicted octanol–water partition coefficient (Wildman–Crippen LogP) is 0.948. The van der Waals surface area contributed by atoms with E-state index >= 15 is 0 Å². The summed E-state index contributed by atoms with van der Waals surface area (Å²) in [6.45, 7) is 6.68. The summed E-state index contributed by atoms with van der Waals surface area (Å²) < 4.78 is 11.4. The normalized spacial score (nSPS) is 20.9. The third-order valence-electron chi connectivity index (χ3n) is 6.03. The Hall–Kier alpha value is -3.37. The molecule has 2 aromatic rings. The first kappa shape index (κ1) is 21.5. The van der Waals surface area contributed by atoms with Crippen LogP contribution in [0.5, 0.6) is 0 Å². The maximum Gasteiger partial charge on any atom is 0.287 e. The van der Waals surface area contributed by atoms with Crippen molar-refractivity contribution in [1.29, 1.82) is 0 Å². The molecule has 0 radical (unpaired) electrons. The van der Waals surface area contributed by atoms with E-state index in [4.69, 9.17) is 9.47 Å². The zero-order valence-electron chi connectivity index (χ0n) is 18.7. The number of hydrogen-bond donors (Lipinski definition) is 2. The number of carbonyl (C=O) groups is 1. The minimum absolute atomic E-state index is 0.244. The van der Waals surface area contributed by atoms with Crippen molar-refractivity contribution in [3.8, 4) is 0 Å². The molecule has 33 heavy (non-hydrogen) atoms. The molecule has 0 aliphatic carbocycles. The maximum absolute atomic E-state index is 13.1. The van der Waals surface area contributed by atoms with Crippen LogP contribution < -0.4 is 20.4 Å². The van der Waals surface area contributed by atoms with Gasteiger partial charge in [-0.1, -0.05) is 0 Å². The fourth-order valence-corrected chi connectivity index (χ4v) is 4.24. The molecule has 1 unspecified atom stereocenters. The molecule has 2 aromatic heterocycles. The van der Waals surface area contributed by atoms with E-state index in [1.54, 1.807) is 23.5 Å². The van der Waals surface area contributed by atoms with Gasteiger partial charge in [-0.15, -0.1) is 0 Å². The Morgan fingerprint density at radius 2 is 1.91 bits per heavy atom. The Morgan fingerprint density at radius 3 is 2.67 bits per heavy atom. The number of nitrogens with one attached hydrogen (secondary N) is 2. The van der Waals surface area contributed by atoms with Crippen LogP contribution in [-0.4, -0.2) is 86.5 Å². The van der Waals surface area contributed by atoms with Gasteiger partial charge in [-0.05, 0) is 18.2 Å². The summed E-state index contributed by atoms with van der Waals surface area (Å²) in [4.78, 5) is 28.1. The van der Waals surface area contributed by atoms with Crippen molar-refractivity contribution in [1.82, 2.24) is 20.2 Å². The van der Waals surface area contributed by atoms with Crippen molar-refractivity contribution >= 4 is 28.9 Å². The highest BCUT2D eigenvalue weighted by Crippen LogP contribution is 2.29. The molecule has 0 spiro atoms. The second-order valence-corrected chi connectivity index (χ2v) is 8.25. The number of aromatic nitrogens is 2. The standard InChI is InChI=1S/C23H29N7O3/c1-28-16-20(17-2-3-21(26-14-17)30-10-12-32-13-11-30)33-23(28)22(31)27-18-15-25-5-4-19(18)29-8-6-24-7-9-29/h2-5,14-16,23-24H,6-13H2,1H3,(H,27,31). The molecule has 0 saturated carbocycles. The minimum Gasteiger partial charge on any atom is -0.459 e. The molecule has 0 bridgehead atoms. The molecule has 5 heterocycles. The van der Waals surface area contributed by atoms with E-state index < -0.39 is 6.23 Å². The Bertz CT molecular complexity index is 1000. The molecule has 2 saturated heterocycles.